The summed E-state index contributed by atoms with van der Waals surface area (Å²) in [6.45, 7) is 1.42. The van der Waals surface area contributed by atoms with Crippen LogP contribution >= 0.6 is 0 Å². The summed E-state index contributed by atoms with van der Waals surface area (Å²) >= 11 is 0. The van der Waals surface area contributed by atoms with E-state index in [1.807, 2.05) is 24.3 Å². The Hall–Kier alpha value is -1.88. The van der Waals surface area contributed by atoms with Gasteiger partial charge < -0.3 is 15.2 Å². The monoisotopic (exact) mass is 303 g/mol. The highest BCUT2D eigenvalue weighted by atomic mass is 16.5. The van der Waals surface area contributed by atoms with Crippen LogP contribution in [0.2, 0.25) is 0 Å². The van der Waals surface area contributed by atoms with Crippen molar-refractivity contribution < 1.29 is 19.4 Å². The molecular weight excluding hydrogens is 282 g/mol. The van der Waals surface area contributed by atoms with Crippen molar-refractivity contribution in [1.29, 1.82) is 0 Å². The van der Waals surface area contributed by atoms with Crippen LogP contribution in [0.15, 0.2) is 24.3 Å². The third kappa shape index (κ3) is 2.99. The second-order valence-corrected chi connectivity index (χ2v) is 6.10. The van der Waals surface area contributed by atoms with E-state index in [1.165, 1.54) is 5.56 Å². The highest BCUT2D eigenvalue weighted by Crippen LogP contribution is 2.35. The Bertz CT molecular complexity index is 566. The van der Waals surface area contributed by atoms with Crippen molar-refractivity contribution in [1.82, 2.24) is 5.32 Å². The van der Waals surface area contributed by atoms with Crippen molar-refractivity contribution in [3.05, 3.63) is 35.4 Å². The zero-order chi connectivity index (χ0) is 15.5. The first kappa shape index (κ1) is 15.0. The first-order valence-corrected chi connectivity index (χ1v) is 7.83. The molecule has 1 amide bonds. The lowest BCUT2D eigenvalue weighted by atomic mass is 9.77. The lowest BCUT2D eigenvalue weighted by Gasteiger charge is -2.31. The molecule has 2 aliphatic rings. The van der Waals surface area contributed by atoms with Crippen LogP contribution in [0.4, 0.5) is 0 Å². The number of amides is 1. The Morgan fingerprint density at radius 3 is 2.68 bits per heavy atom. The smallest absolute Gasteiger partial charge is 0.308 e. The molecule has 0 radical (unpaired) electrons. The fourth-order valence-electron chi connectivity index (χ4n) is 3.40. The van der Waals surface area contributed by atoms with Crippen LogP contribution in [0.1, 0.15) is 29.9 Å². The molecule has 2 unspecified atom stereocenters. The summed E-state index contributed by atoms with van der Waals surface area (Å²) in [4.78, 5) is 23.7. The summed E-state index contributed by atoms with van der Waals surface area (Å²) in [6.07, 6.45) is 2.25. The van der Waals surface area contributed by atoms with Gasteiger partial charge in [0.1, 0.15) is 0 Å². The van der Waals surface area contributed by atoms with Gasteiger partial charge >= 0.3 is 5.97 Å². The summed E-state index contributed by atoms with van der Waals surface area (Å²) in [7, 11) is 0. The van der Waals surface area contributed by atoms with Gasteiger partial charge in [0.05, 0.1) is 11.8 Å². The van der Waals surface area contributed by atoms with Crippen molar-refractivity contribution in [2.75, 3.05) is 19.8 Å². The highest BCUT2D eigenvalue weighted by molar-refractivity contribution is 5.87. The van der Waals surface area contributed by atoms with Gasteiger partial charge in [0.2, 0.25) is 5.91 Å². The molecule has 22 heavy (non-hydrogen) atoms. The molecule has 1 aromatic carbocycles. The van der Waals surface area contributed by atoms with E-state index in [0.29, 0.717) is 13.2 Å². The van der Waals surface area contributed by atoms with E-state index in [4.69, 9.17) is 4.74 Å². The molecule has 1 aliphatic heterocycles. The zero-order valence-electron chi connectivity index (χ0n) is 12.5. The molecule has 1 fully saturated rings. The van der Waals surface area contributed by atoms with Crippen molar-refractivity contribution >= 4 is 11.9 Å². The average Bonchev–Trinajstić information content (AvgIpc) is 2.49. The lowest BCUT2D eigenvalue weighted by molar-refractivity contribution is -0.145. The first-order chi connectivity index (χ1) is 10.7. The SMILES string of the molecule is O=C(NCC(C(=O)O)C1CCOCC1)C1Cc2ccccc21. The molecule has 0 bridgehead atoms. The number of rotatable bonds is 5. The number of ether oxygens (including phenoxy) is 1. The Morgan fingerprint density at radius 2 is 2.00 bits per heavy atom. The topological polar surface area (TPSA) is 75.6 Å². The fourth-order valence-corrected chi connectivity index (χ4v) is 3.40. The minimum absolute atomic E-state index is 0.0583. The molecule has 2 N–H and O–H groups in total. The van der Waals surface area contributed by atoms with Crippen LogP contribution in [-0.2, 0) is 20.7 Å². The predicted molar refractivity (Wildman–Crippen MR) is 80.6 cm³/mol. The van der Waals surface area contributed by atoms with Crippen molar-refractivity contribution in [2.24, 2.45) is 11.8 Å². The van der Waals surface area contributed by atoms with Gasteiger partial charge in [0, 0.05) is 19.8 Å². The van der Waals surface area contributed by atoms with Gasteiger partial charge in [-0.15, -0.1) is 0 Å². The zero-order valence-corrected chi connectivity index (χ0v) is 12.5. The highest BCUT2D eigenvalue weighted by Gasteiger charge is 2.34. The number of hydrogen-bond donors (Lipinski definition) is 2. The number of carbonyl (C=O) groups excluding carboxylic acids is 1. The molecule has 3 rings (SSSR count). The quantitative estimate of drug-likeness (QED) is 0.866. The van der Waals surface area contributed by atoms with Crippen molar-refractivity contribution in [2.45, 2.75) is 25.2 Å². The van der Waals surface area contributed by atoms with Gasteiger partial charge in [-0.05, 0) is 36.3 Å². The fraction of sp³-hybridized carbons (Fsp3) is 0.529. The third-order valence-corrected chi connectivity index (χ3v) is 4.82. The molecule has 1 heterocycles. The van der Waals surface area contributed by atoms with Gasteiger partial charge in [-0.3, -0.25) is 9.59 Å². The van der Waals surface area contributed by atoms with Gasteiger partial charge in [0.15, 0.2) is 0 Å². The van der Waals surface area contributed by atoms with E-state index in [0.717, 1.165) is 24.8 Å². The first-order valence-electron chi connectivity index (χ1n) is 7.83. The number of hydrogen-bond acceptors (Lipinski definition) is 3. The maximum Gasteiger partial charge on any atom is 0.308 e. The second-order valence-electron chi connectivity index (χ2n) is 6.10. The van der Waals surface area contributed by atoms with Crippen LogP contribution in [0.25, 0.3) is 0 Å². The van der Waals surface area contributed by atoms with Crippen LogP contribution in [-0.4, -0.2) is 36.7 Å². The number of benzene rings is 1. The van der Waals surface area contributed by atoms with E-state index in [2.05, 4.69) is 5.32 Å². The lowest BCUT2D eigenvalue weighted by Crippen LogP contribution is -2.42. The minimum Gasteiger partial charge on any atom is -0.481 e. The molecule has 5 nitrogen and oxygen atoms in total. The molecule has 1 saturated heterocycles. The molecule has 0 saturated carbocycles. The van der Waals surface area contributed by atoms with Gasteiger partial charge in [0.25, 0.3) is 0 Å². The molecule has 2 atom stereocenters. The van der Waals surface area contributed by atoms with E-state index in [9.17, 15) is 14.7 Å². The molecule has 118 valence electrons. The molecular formula is C17H21NO4. The maximum atomic E-state index is 12.3. The molecule has 1 aliphatic carbocycles. The predicted octanol–water partition coefficient (Wildman–Crippen LogP) is 1.57. The Kier molecular flexibility index (Phi) is 4.43. The van der Waals surface area contributed by atoms with E-state index < -0.39 is 11.9 Å². The maximum absolute atomic E-state index is 12.3. The number of carboxylic acid groups (broad SMARTS) is 1. The number of carboxylic acids is 1. The van der Waals surface area contributed by atoms with Crippen LogP contribution < -0.4 is 5.32 Å². The number of fused-ring (bicyclic) bond motifs is 1. The normalized spacial score (nSPS) is 22.3. The van der Waals surface area contributed by atoms with E-state index >= 15 is 0 Å². The molecule has 5 heteroatoms. The van der Waals surface area contributed by atoms with Crippen LogP contribution in [0.3, 0.4) is 0 Å². The van der Waals surface area contributed by atoms with Crippen LogP contribution in [0, 0.1) is 11.8 Å². The summed E-state index contributed by atoms with van der Waals surface area (Å²) in [5.41, 5.74) is 2.28. The molecule has 0 aromatic heterocycles. The van der Waals surface area contributed by atoms with E-state index in [-0.39, 0.29) is 24.3 Å². The average molecular weight is 303 g/mol. The van der Waals surface area contributed by atoms with Crippen LogP contribution in [0.5, 0.6) is 0 Å². The summed E-state index contributed by atoms with van der Waals surface area (Å²) in [5, 5.41) is 12.3. The van der Waals surface area contributed by atoms with E-state index in [1.54, 1.807) is 0 Å². The Morgan fingerprint density at radius 1 is 1.27 bits per heavy atom. The Balaban J connectivity index is 1.56. The van der Waals surface area contributed by atoms with Gasteiger partial charge in [-0.25, -0.2) is 0 Å². The van der Waals surface area contributed by atoms with Gasteiger partial charge in [-0.1, -0.05) is 24.3 Å². The summed E-state index contributed by atoms with van der Waals surface area (Å²) in [6, 6.07) is 7.90. The standard InChI is InChI=1S/C17H21NO4/c19-16(14-9-12-3-1-2-4-13(12)14)18-10-15(17(20)21)11-5-7-22-8-6-11/h1-4,11,14-15H,5-10H2,(H,18,19)(H,20,21). The second kappa shape index (κ2) is 6.48. The number of nitrogens with one attached hydrogen (secondary N) is 1. The Labute approximate surface area is 129 Å². The van der Waals surface area contributed by atoms with Crippen molar-refractivity contribution in [3.8, 4) is 0 Å². The largest absolute Gasteiger partial charge is 0.481 e. The molecule has 0 spiro atoms. The number of aliphatic carboxylic acids is 1. The molecule has 1 aromatic rings. The van der Waals surface area contributed by atoms with Gasteiger partial charge in [-0.2, -0.15) is 0 Å². The summed E-state index contributed by atoms with van der Waals surface area (Å²) < 4.78 is 5.28. The summed E-state index contributed by atoms with van der Waals surface area (Å²) in [5.74, 6) is -1.46. The van der Waals surface area contributed by atoms with Crippen molar-refractivity contribution in [3.63, 3.8) is 0 Å². The minimum atomic E-state index is -0.832. The number of carbonyl (C=O) groups is 2. The third-order valence-electron chi connectivity index (χ3n) is 4.82.